The zero-order valence-corrected chi connectivity index (χ0v) is 13.1. The molecule has 112 valence electrons. The monoisotopic (exact) mass is 316 g/mol. The van der Waals surface area contributed by atoms with Gasteiger partial charge in [0.05, 0.1) is 6.61 Å². The van der Waals surface area contributed by atoms with Crippen LogP contribution >= 0.6 is 24.2 Å². The Kier molecular flexibility index (Phi) is 6.82. The van der Waals surface area contributed by atoms with Gasteiger partial charge >= 0.3 is 0 Å². The highest BCUT2D eigenvalue weighted by molar-refractivity contribution is 8.01. The summed E-state index contributed by atoms with van der Waals surface area (Å²) in [6.45, 7) is 0.924. The number of methoxy groups -OCH3 is 1. The number of amides is 1. The molecule has 6 heteroatoms. The molecule has 0 heterocycles. The van der Waals surface area contributed by atoms with E-state index >= 15 is 0 Å². The molecule has 0 radical (unpaired) electrons. The third-order valence-electron chi connectivity index (χ3n) is 3.15. The van der Waals surface area contributed by atoms with E-state index in [1.807, 2.05) is 30.0 Å². The average Bonchev–Trinajstić information content (AvgIpc) is 3.17. The van der Waals surface area contributed by atoms with Crippen molar-refractivity contribution < 1.29 is 9.53 Å². The van der Waals surface area contributed by atoms with Gasteiger partial charge in [0.25, 0.3) is 0 Å². The van der Waals surface area contributed by atoms with Crippen molar-refractivity contribution in [1.82, 2.24) is 5.32 Å². The summed E-state index contributed by atoms with van der Waals surface area (Å²) in [4.78, 5) is 13.0. The van der Waals surface area contributed by atoms with Crippen LogP contribution < -0.4 is 11.1 Å². The fourth-order valence-corrected chi connectivity index (χ4v) is 3.07. The van der Waals surface area contributed by atoms with Crippen LogP contribution in [0.4, 0.5) is 0 Å². The van der Waals surface area contributed by atoms with Crippen LogP contribution in [0.2, 0.25) is 0 Å². The molecule has 0 bridgehead atoms. The Morgan fingerprint density at radius 1 is 1.45 bits per heavy atom. The maximum Gasteiger partial charge on any atom is 0.239 e. The van der Waals surface area contributed by atoms with Gasteiger partial charge in [-0.05, 0) is 25.0 Å². The van der Waals surface area contributed by atoms with Gasteiger partial charge in [-0.3, -0.25) is 4.79 Å². The van der Waals surface area contributed by atoms with Crippen molar-refractivity contribution >= 4 is 30.1 Å². The van der Waals surface area contributed by atoms with E-state index in [2.05, 4.69) is 17.4 Å². The van der Waals surface area contributed by atoms with Gasteiger partial charge in [-0.2, -0.15) is 0 Å². The molecule has 20 heavy (non-hydrogen) atoms. The van der Waals surface area contributed by atoms with Gasteiger partial charge in [0.2, 0.25) is 5.91 Å². The number of thioether (sulfide) groups is 1. The Balaban J connectivity index is 0.00000200. The second-order valence-electron chi connectivity index (χ2n) is 4.88. The lowest BCUT2D eigenvalue weighted by Gasteiger charge is -2.17. The Hall–Kier alpha value is -0.750. The maximum absolute atomic E-state index is 11.7. The molecule has 0 spiro atoms. The van der Waals surface area contributed by atoms with Crippen molar-refractivity contribution in [2.75, 3.05) is 20.3 Å². The maximum atomic E-state index is 11.7. The molecular weight excluding hydrogens is 296 g/mol. The molecule has 1 aliphatic carbocycles. The second kappa shape index (κ2) is 7.88. The first kappa shape index (κ1) is 17.3. The lowest BCUT2D eigenvalue weighted by atomic mass is 10.3. The first-order chi connectivity index (χ1) is 9.15. The number of benzene rings is 1. The molecule has 1 amide bonds. The minimum absolute atomic E-state index is 0. The number of ether oxygens (including phenoxy) is 1. The average molecular weight is 317 g/mol. The molecule has 1 aliphatic rings. The van der Waals surface area contributed by atoms with Gasteiger partial charge in [-0.15, -0.1) is 24.2 Å². The van der Waals surface area contributed by atoms with Crippen LogP contribution in [0, 0.1) is 0 Å². The molecule has 0 saturated heterocycles. The topological polar surface area (TPSA) is 64.3 Å². The quantitative estimate of drug-likeness (QED) is 0.805. The third-order valence-corrected chi connectivity index (χ3v) is 4.65. The normalized spacial score (nSPS) is 16.9. The number of carbonyl (C=O) groups is 1. The first-order valence-corrected chi connectivity index (χ1v) is 7.23. The lowest BCUT2D eigenvalue weighted by Crippen LogP contribution is -2.45. The van der Waals surface area contributed by atoms with Crippen molar-refractivity contribution in [3.8, 4) is 0 Å². The van der Waals surface area contributed by atoms with Crippen LogP contribution in [0.25, 0.3) is 0 Å². The standard InChI is InChI=1S/C14H20N2O2S.ClH/c1-18-9-12(15)13(17)16-10-14(7-8-14)19-11-5-3-2-4-6-11;/h2-6,12H,7-10,15H2,1H3,(H,16,17);1H. The molecule has 2 rings (SSSR count). The van der Waals surface area contributed by atoms with Crippen molar-refractivity contribution in [3.63, 3.8) is 0 Å². The highest BCUT2D eigenvalue weighted by Gasteiger charge is 2.44. The molecule has 1 atom stereocenters. The fourth-order valence-electron chi connectivity index (χ4n) is 1.83. The Bertz CT molecular complexity index is 426. The number of nitrogens with one attached hydrogen (secondary N) is 1. The summed E-state index contributed by atoms with van der Waals surface area (Å²) in [5.41, 5.74) is 5.69. The molecule has 3 N–H and O–H groups in total. The summed E-state index contributed by atoms with van der Waals surface area (Å²) in [5.74, 6) is -0.137. The lowest BCUT2D eigenvalue weighted by molar-refractivity contribution is -0.123. The number of halogens is 1. The van der Waals surface area contributed by atoms with Gasteiger partial charge in [-0.1, -0.05) is 18.2 Å². The number of hydrogen-bond donors (Lipinski definition) is 2. The summed E-state index contributed by atoms with van der Waals surface area (Å²) in [6.07, 6.45) is 2.26. The van der Waals surface area contributed by atoms with Crippen molar-refractivity contribution in [2.24, 2.45) is 5.73 Å². The summed E-state index contributed by atoms with van der Waals surface area (Å²) >= 11 is 1.84. The number of rotatable bonds is 7. The van der Waals surface area contributed by atoms with E-state index in [1.54, 1.807) is 7.11 Å². The van der Waals surface area contributed by atoms with E-state index in [0.717, 1.165) is 12.8 Å². The summed E-state index contributed by atoms with van der Waals surface area (Å²) in [7, 11) is 1.54. The van der Waals surface area contributed by atoms with Crippen LogP contribution in [0.1, 0.15) is 12.8 Å². The van der Waals surface area contributed by atoms with E-state index < -0.39 is 6.04 Å². The fraction of sp³-hybridized carbons (Fsp3) is 0.500. The molecule has 4 nitrogen and oxygen atoms in total. The van der Waals surface area contributed by atoms with Gasteiger partial charge in [0.15, 0.2) is 0 Å². The summed E-state index contributed by atoms with van der Waals surface area (Å²) in [5, 5.41) is 2.93. The SMILES string of the molecule is COCC(N)C(=O)NCC1(Sc2ccccc2)CC1.Cl. The van der Waals surface area contributed by atoms with Gasteiger partial charge in [0, 0.05) is 23.3 Å². The minimum atomic E-state index is -0.581. The summed E-state index contributed by atoms with van der Waals surface area (Å²) in [6, 6.07) is 9.70. The van der Waals surface area contributed by atoms with Crippen LogP contribution in [0.5, 0.6) is 0 Å². The van der Waals surface area contributed by atoms with Crippen LogP contribution in [-0.2, 0) is 9.53 Å². The molecular formula is C14H21ClN2O2S. The highest BCUT2D eigenvalue weighted by Crippen LogP contribution is 2.51. The summed E-state index contributed by atoms with van der Waals surface area (Å²) < 4.78 is 5.03. The van der Waals surface area contributed by atoms with Gasteiger partial charge in [0.1, 0.15) is 6.04 Å². The van der Waals surface area contributed by atoms with E-state index in [-0.39, 0.29) is 29.7 Å². The number of hydrogen-bond acceptors (Lipinski definition) is 4. The van der Waals surface area contributed by atoms with E-state index in [9.17, 15) is 4.79 Å². The first-order valence-electron chi connectivity index (χ1n) is 6.41. The largest absolute Gasteiger partial charge is 0.383 e. The third kappa shape index (κ3) is 4.98. The van der Waals surface area contributed by atoms with E-state index in [0.29, 0.717) is 6.54 Å². The van der Waals surface area contributed by atoms with E-state index in [1.165, 1.54) is 4.90 Å². The number of nitrogens with two attached hydrogens (primary N) is 1. The zero-order chi connectivity index (χ0) is 13.7. The molecule has 0 aliphatic heterocycles. The van der Waals surface area contributed by atoms with Crippen molar-refractivity contribution in [1.29, 1.82) is 0 Å². The second-order valence-corrected chi connectivity index (χ2v) is 6.42. The highest BCUT2D eigenvalue weighted by atomic mass is 35.5. The van der Waals surface area contributed by atoms with Crippen LogP contribution in [0.3, 0.4) is 0 Å². The molecule has 1 fully saturated rings. The van der Waals surface area contributed by atoms with Crippen molar-refractivity contribution in [2.45, 2.75) is 28.5 Å². The van der Waals surface area contributed by atoms with Gasteiger partial charge < -0.3 is 15.8 Å². The zero-order valence-electron chi connectivity index (χ0n) is 11.5. The van der Waals surface area contributed by atoms with Crippen LogP contribution in [-0.4, -0.2) is 37.0 Å². The molecule has 1 saturated carbocycles. The minimum Gasteiger partial charge on any atom is -0.383 e. The molecule has 1 unspecified atom stereocenters. The van der Waals surface area contributed by atoms with Crippen molar-refractivity contribution in [3.05, 3.63) is 30.3 Å². The molecule has 1 aromatic carbocycles. The smallest absolute Gasteiger partial charge is 0.239 e. The molecule has 0 aromatic heterocycles. The predicted octanol–water partition coefficient (Wildman–Crippen LogP) is 1.82. The van der Waals surface area contributed by atoms with E-state index in [4.69, 9.17) is 10.5 Å². The predicted molar refractivity (Wildman–Crippen MR) is 84.4 cm³/mol. The van der Waals surface area contributed by atoms with Crippen LogP contribution in [0.15, 0.2) is 35.2 Å². The Labute approximate surface area is 130 Å². The van der Waals surface area contributed by atoms with Gasteiger partial charge in [-0.25, -0.2) is 0 Å². The Morgan fingerprint density at radius 2 is 2.10 bits per heavy atom. The molecule has 1 aromatic rings. The number of carbonyl (C=O) groups excluding carboxylic acids is 1. The Morgan fingerprint density at radius 3 is 2.65 bits per heavy atom.